The lowest BCUT2D eigenvalue weighted by Crippen LogP contribution is -1.89. The van der Waals surface area contributed by atoms with Crippen molar-refractivity contribution in [2.75, 3.05) is 7.11 Å². The van der Waals surface area contributed by atoms with Gasteiger partial charge in [0.15, 0.2) is 11.4 Å². The van der Waals surface area contributed by atoms with E-state index in [4.69, 9.17) is 9.15 Å². The number of hydrogen-bond acceptors (Lipinski definition) is 4. The molecule has 0 saturated heterocycles. The molecule has 3 heterocycles. The zero-order valence-corrected chi connectivity index (χ0v) is 8.62. The number of aromatic nitrogens is 3. The summed E-state index contributed by atoms with van der Waals surface area (Å²) in [4.78, 5) is 0. The van der Waals surface area contributed by atoms with Crippen molar-refractivity contribution in [3.05, 3.63) is 36.7 Å². The van der Waals surface area contributed by atoms with Crippen LogP contribution in [-0.2, 0) is 0 Å². The molecular formula is C11H9N3O2. The minimum absolute atomic E-state index is 0.683. The van der Waals surface area contributed by atoms with Crippen LogP contribution < -0.4 is 4.74 Å². The van der Waals surface area contributed by atoms with Crippen LogP contribution in [0, 0.1) is 0 Å². The third-order valence-corrected chi connectivity index (χ3v) is 2.36. The Morgan fingerprint density at radius 2 is 2.25 bits per heavy atom. The Bertz CT molecular complexity index is 613. The van der Waals surface area contributed by atoms with Gasteiger partial charge < -0.3 is 9.15 Å². The average Bonchev–Trinajstić information content (AvgIpc) is 2.96. The fraction of sp³-hybridized carbons (Fsp3) is 0.0909. The van der Waals surface area contributed by atoms with E-state index in [1.54, 1.807) is 13.4 Å². The third-order valence-electron chi connectivity index (χ3n) is 2.36. The molecule has 0 fully saturated rings. The van der Waals surface area contributed by atoms with Gasteiger partial charge in [-0.25, -0.2) is 0 Å². The number of fused-ring (bicyclic) bond motifs is 1. The van der Waals surface area contributed by atoms with Crippen molar-refractivity contribution < 1.29 is 9.15 Å². The first-order valence-corrected chi connectivity index (χ1v) is 4.81. The lowest BCUT2D eigenvalue weighted by molar-refractivity contribution is 0.414. The Balaban J connectivity index is 2.21. The smallest absolute Gasteiger partial charge is 0.204 e. The molecule has 0 spiro atoms. The number of furan rings is 1. The number of nitrogens with zero attached hydrogens (tertiary/aromatic N) is 3. The van der Waals surface area contributed by atoms with E-state index in [0.29, 0.717) is 11.6 Å². The summed E-state index contributed by atoms with van der Waals surface area (Å²) in [7, 11) is 1.62. The Kier molecular flexibility index (Phi) is 1.89. The van der Waals surface area contributed by atoms with Crippen molar-refractivity contribution in [2.24, 2.45) is 0 Å². The van der Waals surface area contributed by atoms with E-state index in [1.165, 1.54) is 0 Å². The SMILES string of the molecule is COc1ccn2c(-c3ccco3)nnc2c1. The fourth-order valence-electron chi connectivity index (χ4n) is 1.57. The fourth-order valence-corrected chi connectivity index (χ4v) is 1.57. The minimum Gasteiger partial charge on any atom is -0.497 e. The second-order valence-electron chi connectivity index (χ2n) is 3.30. The van der Waals surface area contributed by atoms with E-state index in [9.17, 15) is 0 Å². The molecule has 0 atom stereocenters. The minimum atomic E-state index is 0.683. The highest BCUT2D eigenvalue weighted by Crippen LogP contribution is 2.20. The van der Waals surface area contributed by atoms with Gasteiger partial charge in [-0.15, -0.1) is 10.2 Å². The Morgan fingerprint density at radius 3 is 3.00 bits per heavy atom. The number of rotatable bonds is 2. The van der Waals surface area contributed by atoms with Crippen molar-refractivity contribution >= 4 is 5.65 Å². The lowest BCUT2D eigenvalue weighted by atomic mass is 10.4. The molecule has 0 amide bonds. The molecule has 80 valence electrons. The van der Waals surface area contributed by atoms with Crippen LogP contribution >= 0.6 is 0 Å². The van der Waals surface area contributed by atoms with Crippen molar-refractivity contribution in [3.8, 4) is 17.3 Å². The van der Waals surface area contributed by atoms with Crippen molar-refractivity contribution in [2.45, 2.75) is 0 Å². The second-order valence-corrected chi connectivity index (χ2v) is 3.30. The Labute approximate surface area is 91.3 Å². The molecule has 0 aliphatic carbocycles. The highest BCUT2D eigenvalue weighted by Gasteiger charge is 2.10. The molecule has 5 heteroatoms. The largest absolute Gasteiger partial charge is 0.497 e. The molecule has 0 N–H and O–H groups in total. The van der Waals surface area contributed by atoms with Crippen LogP contribution in [0.2, 0.25) is 0 Å². The van der Waals surface area contributed by atoms with Crippen LogP contribution in [0.1, 0.15) is 0 Å². The van der Waals surface area contributed by atoms with Gasteiger partial charge in [0, 0.05) is 12.3 Å². The van der Waals surface area contributed by atoms with E-state index in [1.807, 2.05) is 34.9 Å². The van der Waals surface area contributed by atoms with E-state index < -0.39 is 0 Å². The maximum Gasteiger partial charge on any atom is 0.204 e. The molecule has 5 nitrogen and oxygen atoms in total. The van der Waals surface area contributed by atoms with Gasteiger partial charge in [0.25, 0.3) is 0 Å². The van der Waals surface area contributed by atoms with Gasteiger partial charge >= 0.3 is 0 Å². The predicted octanol–water partition coefficient (Wildman–Crippen LogP) is 2.00. The summed E-state index contributed by atoms with van der Waals surface area (Å²) in [6.07, 6.45) is 3.46. The summed E-state index contributed by atoms with van der Waals surface area (Å²) >= 11 is 0. The molecule has 16 heavy (non-hydrogen) atoms. The highest BCUT2D eigenvalue weighted by atomic mass is 16.5. The van der Waals surface area contributed by atoms with Gasteiger partial charge in [0.05, 0.1) is 13.4 Å². The highest BCUT2D eigenvalue weighted by molar-refractivity contribution is 5.55. The molecule has 3 rings (SSSR count). The molecule has 0 unspecified atom stereocenters. The van der Waals surface area contributed by atoms with E-state index in [2.05, 4.69) is 10.2 Å². The molecule has 0 saturated carbocycles. The van der Waals surface area contributed by atoms with Crippen molar-refractivity contribution in [1.82, 2.24) is 14.6 Å². The third kappa shape index (κ3) is 1.25. The van der Waals surface area contributed by atoms with Gasteiger partial charge in [-0.1, -0.05) is 0 Å². The molecule has 0 aromatic carbocycles. The summed E-state index contributed by atoms with van der Waals surface area (Å²) in [5, 5.41) is 8.13. The first-order valence-electron chi connectivity index (χ1n) is 4.81. The second kappa shape index (κ2) is 3.37. The Morgan fingerprint density at radius 1 is 1.31 bits per heavy atom. The first kappa shape index (κ1) is 8.96. The van der Waals surface area contributed by atoms with Crippen LogP contribution in [-0.4, -0.2) is 21.7 Å². The number of hydrogen-bond donors (Lipinski definition) is 0. The quantitative estimate of drug-likeness (QED) is 0.656. The lowest BCUT2D eigenvalue weighted by Gasteiger charge is -2.00. The summed E-state index contributed by atoms with van der Waals surface area (Å²) in [6, 6.07) is 7.34. The summed E-state index contributed by atoms with van der Waals surface area (Å²) in [5.74, 6) is 2.13. The monoisotopic (exact) mass is 215 g/mol. The van der Waals surface area contributed by atoms with Crippen LogP contribution in [0.25, 0.3) is 17.2 Å². The summed E-state index contributed by atoms with van der Waals surface area (Å²) in [5.41, 5.74) is 0.728. The van der Waals surface area contributed by atoms with Crippen molar-refractivity contribution in [3.63, 3.8) is 0 Å². The zero-order valence-electron chi connectivity index (χ0n) is 8.62. The number of methoxy groups -OCH3 is 1. The molecule has 0 aliphatic rings. The van der Waals surface area contributed by atoms with Crippen LogP contribution in [0.5, 0.6) is 5.75 Å². The number of pyridine rings is 1. The topological polar surface area (TPSA) is 52.6 Å². The summed E-state index contributed by atoms with van der Waals surface area (Å²) in [6.45, 7) is 0. The maximum atomic E-state index is 5.29. The van der Waals surface area contributed by atoms with E-state index in [0.717, 1.165) is 11.4 Å². The standard InChI is InChI=1S/C11H9N3O2/c1-15-8-4-5-14-10(7-8)12-13-11(14)9-3-2-6-16-9/h2-7H,1H3. The zero-order chi connectivity index (χ0) is 11.0. The van der Waals surface area contributed by atoms with Crippen LogP contribution in [0.4, 0.5) is 0 Å². The van der Waals surface area contributed by atoms with Gasteiger partial charge in [-0.2, -0.15) is 0 Å². The summed E-state index contributed by atoms with van der Waals surface area (Å²) < 4.78 is 12.3. The number of ether oxygens (including phenoxy) is 1. The van der Waals surface area contributed by atoms with Crippen LogP contribution in [0.15, 0.2) is 41.1 Å². The van der Waals surface area contributed by atoms with Gasteiger partial charge in [-0.3, -0.25) is 4.40 Å². The van der Waals surface area contributed by atoms with E-state index in [-0.39, 0.29) is 0 Å². The van der Waals surface area contributed by atoms with Gasteiger partial charge in [0.2, 0.25) is 5.82 Å². The molecule has 3 aromatic heterocycles. The van der Waals surface area contributed by atoms with Gasteiger partial charge in [0.1, 0.15) is 5.75 Å². The molecule has 0 bridgehead atoms. The van der Waals surface area contributed by atoms with E-state index >= 15 is 0 Å². The Hall–Kier alpha value is -2.30. The average molecular weight is 215 g/mol. The van der Waals surface area contributed by atoms with Crippen molar-refractivity contribution in [1.29, 1.82) is 0 Å². The van der Waals surface area contributed by atoms with Gasteiger partial charge in [-0.05, 0) is 18.2 Å². The normalized spacial score (nSPS) is 10.8. The first-order chi connectivity index (χ1) is 7.88. The molecule has 0 aliphatic heterocycles. The molecule has 3 aromatic rings. The molecule has 0 radical (unpaired) electrons. The van der Waals surface area contributed by atoms with Crippen LogP contribution in [0.3, 0.4) is 0 Å². The predicted molar refractivity (Wildman–Crippen MR) is 57.2 cm³/mol. The maximum absolute atomic E-state index is 5.29. The molecular weight excluding hydrogens is 206 g/mol.